The van der Waals surface area contributed by atoms with Gasteiger partial charge in [0.15, 0.2) is 25.5 Å². The van der Waals surface area contributed by atoms with Crippen molar-refractivity contribution in [3.05, 3.63) is 72.1 Å². The van der Waals surface area contributed by atoms with Crippen LogP contribution in [0.4, 0.5) is 0 Å². The van der Waals surface area contributed by atoms with E-state index in [0.29, 0.717) is 0 Å². The second-order valence-corrected chi connectivity index (χ2v) is 7.54. The van der Waals surface area contributed by atoms with E-state index in [1.165, 1.54) is 32.9 Å². The summed E-state index contributed by atoms with van der Waals surface area (Å²) in [6.07, 6.45) is 10.4. The van der Waals surface area contributed by atoms with Crippen LogP contribution in [0.5, 0.6) is 0 Å². The zero-order valence-electron chi connectivity index (χ0n) is 14.3. The van der Waals surface area contributed by atoms with E-state index in [0.717, 1.165) is 19.5 Å². The summed E-state index contributed by atoms with van der Waals surface area (Å²) >= 11 is 0. The number of rotatable bonds is 0. The Labute approximate surface area is 150 Å². The van der Waals surface area contributed by atoms with E-state index in [9.17, 15) is 0 Å². The molecule has 1 fully saturated rings. The minimum Gasteiger partial charge on any atom is -0.206 e. The number of benzene rings is 2. The Morgan fingerprint density at radius 3 is 1.77 bits per heavy atom. The number of hydrogen-bond acceptors (Lipinski definition) is 0. The summed E-state index contributed by atoms with van der Waals surface area (Å²) in [5.74, 6) is -0.357. The average molecular weight is 338 g/mol. The molecule has 1 spiro atoms. The first-order valence-electron chi connectivity index (χ1n) is 9.32. The Kier molecular flexibility index (Phi) is 2.09. The highest BCUT2D eigenvalue weighted by molar-refractivity contribution is 5.99. The molecule has 7 rings (SSSR count). The van der Waals surface area contributed by atoms with E-state index in [1.54, 1.807) is 0 Å². The van der Waals surface area contributed by atoms with Gasteiger partial charge in [0.1, 0.15) is 0 Å². The summed E-state index contributed by atoms with van der Waals surface area (Å²) in [5, 5.41) is 2.61. The summed E-state index contributed by atoms with van der Waals surface area (Å²) in [4.78, 5) is 0. The fourth-order valence-corrected chi connectivity index (χ4v) is 5.34. The topological polar surface area (TPSA) is 15.9 Å². The molecule has 0 radical (unpaired) electrons. The molecule has 124 valence electrons. The first-order chi connectivity index (χ1) is 12.9. The van der Waals surface area contributed by atoms with Gasteiger partial charge >= 0.3 is 5.91 Å². The van der Waals surface area contributed by atoms with E-state index in [4.69, 9.17) is 0 Å². The monoisotopic (exact) mass is 338 g/mol. The second kappa shape index (κ2) is 4.15. The quantitative estimate of drug-likeness (QED) is 0.438. The van der Waals surface area contributed by atoms with E-state index >= 15 is 0 Å². The Hall–Kier alpha value is -3.14. The van der Waals surface area contributed by atoms with Crippen molar-refractivity contribution in [1.29, 1.82) is 0 Å². The zero-order valence-corrected chi connectivity index (χ0v) is 14.3. The summed E-state index contributed by atoms with van der Waals surface area (Å²) in [6, 6.07) is 17.7. The standard InChI is InChI=1S/C22H18N4/c1-4-16-8-12-25-20(16)18(6-1)14-23-10-3-11-24-15-19-7-2-5-17-9-13-26(21(17)19)22(23,24)25/h1-2,4-9,12-15H,3,10-11H2/q+2. The van der Waals surface area contributed by atoms with Crippen LogP contribution in [-0.2, 0) is 5.91 Å². The van der Waals surface area contributed by atoms with Crippen molar-refractivity contribution in [2.24, 2.45) is 0 Å². The Bertz CT molecular complexity index is 1210. The van der Waals surface area contributed by atoms with E-state index in [1.807, 2.05) is 0 Å². The van der Waals surface area contributed by atoms with Crippen LogP contribution >= 0.6 is 0 Å². The minimum absolute atomic E-state index is 0.357. The molecule has 4 heteroatoms. The number of para-hydroxylation sites is 2. The molecular formula is C22H18N4+2. The maximum Gasteiger partial charge on any atom is 0.541 e. The Balaban J connectivity index is 1.72. The zero-order chi connectivity index (χ0) is 16.9. The van der Waals surface area contributed by atoms with Crippen LogP contribution in [0.25, 0.3) is 21.8 Å². The second-order valence-electron chi connectivity index (χ2n) is 7.54. The fourth-order valence-electron chi connectivity index (χ4n) is 5.34. The largest absolute Gasteiger partial charge is 0.541 e. The van der Waals surface area contributed by atoms with Crippen LogP contribution < -0.4 is 0 Å². The smallest absolute Gasteiger partial charge is 0.206 e. The first kappa shape index (κ1) is 13.1. The van der Waals surface area contributed by atoms with E-state index in [-0.39, 0.29) is 5.91 Å². The molecule has 0 unspecified atom stereocenters. The molecule has 1 saturated heterocycles. The molecule has 5 heterocycles. The predicted octanol–water partition coefficient (Wildman–Crippen LogP) is 3.01. The maximum atomic E-state index is 2.52. The molecule has 0 amide bonds. The molecule has 0 atom stereocenters. The lowest BCUT2D eigenvalue weighted by atomic mass is 10.1. The summed E-state index contributed by atoms with van der Waals surface area (Å²) in [5.41, 5.74) is 5.26. The summed E-state index contributed by atoms with van der Waals surface area (Å²) in [6.45, 7) is 2.11. The number of aromatic nitrogens is 2. The lowest BCUT2D eigenvalue weighted by Crippen LogP contribution is -2.64. The third-order valence-corrected chi connectivity index (χ3v) is 6.29. The van der Waals surface area contributed by atoms with Crippen LogP contribution in [0.3, 0.4) is 0 Å². The third kappa shape index (κ3) is 1.26. The van der Waals surface area contributed by atoms with Crippen LogP contribution in [0.15, 0.2) is 60.9 Å². The van der Waals surface area contributed by atoms with Gasteiger partial charge in [-0.2, -0.15) is 0 Å². The van der Waals surface area contributed by atoms with Crippen molar-refractivity contribution in [1.82, 2.24) is 9.13 Å². The van der Waals surface area contributed by atoms with Crippen molar-refractivity contribution >= 4 is 34.2 Å². The molecule has 0 aliphatic carbocycles. The van der Waals surface area contributed by atoms with Gasteiger partial charge in [0.2, 0.25) is 0 Å². The highest BCUT2D eigenvalue weighted by atomic mass is 15.6. The van der Waals surface area contributed by atoms with Crippen molar-refractivity contribution in [2.75, 3.05) is 13.1 Å². The van der Waals surface area contributed by atoms with Crippen molar-refractivity contribution in [3.8, 4) is 0 Å². The van der Waals surface area contributed by atoms with Gasteiger partial charge in [0.25, 0.3) is 0 Å². The average Bonchev–Trinajstić information content (AvgIpc) is 3.30. The molecule has 2 aromatic heterocycles. The normalized spacial score (nSPS) is 19.1. The minimum atomic E-state index is -0.357. The molecule has 26 heavy (non-hydrogen) atoms. The fraction of sp³-hybridized carbons (Fsp3) is 0.182. The van der Waals surface area contributed by atoms with Crippen LogP contribution in [0, 0.1) is 0 Å². The van der Waals surface area contributed by atoms with Crippen molar-refractivity contribution in [2.45, 2.75) is 12.3 Å². The Morgan fingerprint density at radius 1 is 0.692 bits per heavy atom. The number of hydrogen-bond donors (Lipinski definition) is 0. The van der Waals surface area contributed by atoms with Gasteiger partial charge < -0.3 is 0 Å². The first-order valence-corrected chi connectivity index (χ1v) is 9.32. The highest BCUT2D eigenvalue weighted by Crippen LogP contribution is 2.39. The predicted molar refractivity (Wildman–Crippen MR) is 102 cm³/mol. The molecule has 0 N–H and O–H groups in total. The lowest BCUT2D eigenvalue weighted by Gasteiger charge is -2.37. The lowest BCUT2D eigenvalue weighted by molar-refractivity contribution is -0.885. The SMILES string of the molecule is C1=[N+]2CCC[N+]3=Cc4cccc5ccn(c45)C23n2ccc3cccc1c32. The highest BCUT2D eigenvalue weighted by Gasteiger charge is 2.62. The van der Waals surface area contributed by atoms with Crippen LogP contribution in [-0.4, -0.2) is 43.8 Å². The van der Waals surface area contributed by atoms with Gasteiger partial charge in [0, 0.05) is 23.2 Å². The van der Waals surface area contributed by atoms with E-state index in [2.05, 4.69) is 91.6 Å². The molecule has 3 aliphatic heterocycles. The summed E-state index contributed by atoms with van der Waals surface area (Å²) < 4.78 is 9.99. The number of nitrogens with zero attached hydrogens (tertiary/aromatic N) is 4. The maximum absolute atomic E-state index is 2.52. The third-order valence-electron chi connectivity index (χ3n) is 6.29. The van der Waals surface area contributed by atoms with Gasteiger partial charge in [-0.15, -0.1) is 9.15 Å². The molecule has 2 aromatic carbocycles. The van der Waals surface area contributed by atoms with Gasteiger partial charge in [-0.3, -0.25) is 0 Å². The molecule has 0 bridgehead atoms. The van der Waals surface area contributed by atoms with Gasteiger partial charge in [-0.1, -0.05) is 24.3 Å². The van der Waals surface area contributed by atoms with Crippen LogP contribution in [0.1, 0.15) is 17.5 Å². The van der Waals surface area contributed by atoms with Gasteiger partial charge in [-0.05, 0) is 24.3 Å². The molecule has 3 aliphatic rings. The van der Waals surface area contributed by atoms with Crippen LogP contribution in [0.2, 0.25) is 0 Å². The van der Waals surface area contributed by atoms with Crippen molar-refractivity contribution < 1.29 is 9.15 Å². The van der Waals surface area contributed by atoms with Gasteiger partial charge in [-0.25, -0.2) is 9.13 Å². The van der Waals surface area contributed by atoms with Crippen molar-refractivity contribution in [3.63, 3.8) is 0 Å². The molecule has 4 aromatic rings. The molecular weight excluding hydrogens is 320 g/mol. The van der Waals surface area contributed by atoms with E-state index < -0.39 is 0 Å². The Morgan fingerprint density at radius 2 is 1.23 bits per heavy atom. The van der Waals surface area contributed by atoms with Gasteiger partial charge in [0.05, 0.1) is 28.6 Å². The summed E-state index contributed by atoms with van der Waals surface area (Å²) in [7, 11) is 0. The molecule has 4 nitrogen and oxygen atoms in total. The molecule has 0 saturated carbocycles.